The normalized spacial score (nSPS) is 12.0. The molecule has 3 heteroatoms. The molecule has 0 aromatic rings. The van der Waals surface area contributed by atoms with Gasteiger partial charge in [-0.3, -0.25) is 9.80 Å². The fourth-order valence-electron chi connectivity index (χ4n) is 3.82. The molecule has 0 fully saturated rings. The van der Waals surface area contributed by atoms with Crippen molar-refractivity contribution in [1.29, 1.82) is 0 Å². The number of unbranched alkanes of at least 4 members (excludes halogenated alkanes) is 8. The first-order chi connectivity index (χ1) is 12.7. The van der Waals surface area contributed by atoms with Crippen LogP contribution in [0, 0.1) is 0 Å². The summed E-state index contributed by atoms with van der Waals surface area (Å²) in [6.45, 7) is 14.2. The molecule has 0 heterocycles. The van der Waals surface area contributed by atoms with E-state index in [1.807, 2.05) is 0 Å². The predicted molar refractivity (Wildman–Crippen MR) is 120 cm³/mol. The Morgan fingerprint density at radius 2 is 0.846 bits per heavy atom. The summed E-state index contributed by atoms with van der Waals surface area (Å²) in [5.74, 6) is 0. The van der Waals surface area contributed by atoms with Crippen LogP contribution in [-0.4, -0.2) is 50.0 Å². The smallest absolute Gasteiger partial charge is 0.0654 e. The van der Waals surface area contributed by atoms with Crippen molar-refractivity contribution in [2.24, 2.45) is 0 Å². The summed E-state index contributed by atoms with van der Waals surface area (Å²) in [6.07, 6.45) is 18.5. The van der Waals surface area contributed by atoms with Gasteiger partial charge in [-0.25, -0.2) is 0 Å². The van der Waals surface area contributed by atoms with E-state index in [0.717, 1.165) is 12.7 Å². The highest BCUT2D eigenvalue weighted by Gasteiger charge is 2.23. The summed E-state index contributed by atoms with van der Waals surface area (Å²) in [5.41, 5.74) is 0. The average molecular weight is 364 g/mol. The maximum absolute atomic E-state index is 6.07. The zero-order valence-corrected chi connectivity index (χ0v) is 18.8. The number of rotatable bonds is 20. The zero-order valence-electron chi connectivity index (χ0n) is 18.8. The predicted octanol–water partition coefficient (Wildman–Crippen LogP) is 6.65. The average Bonchev–Trinajstić information content (AvgIpc) is 2.64. The van der Waals surface area contributed by atoms with Crippen LogP contribution in [0.2, 0.25) is 6.32 Å². The number of nitrogens with zero attached hydrogens (tertiary/aromatic N) is 2. The summed E-state index contributed by atoms with van der Waals surface area (Å²) in [6, 6.07) is 0. The molecule has 0 saturated heterocycles. The molecule has 2 nitrogen and oxygen atoms in total. The molecule has 0 amide bonds. The van der Waals surface area contributed by atoms with Crippen LogP contribution in [0.4, 0.5) is 0 Å². The summed E-state index contributed by atoms with van der Waals surface area (Å²) in [7, 11) is 6.07. The largest absolute Gasteiger partial charge is 0.288 e. The van der Waals surface area contributed by atoms with Crippen molar-refractivity contribution in [3.8, 4) is 0 Å². The molecule has 0 spiro atoms. The van der Waals surface area contributed by atoms with Gasteiger partial charge in [0.15, 0.2) is 0 Å². The molecule has 0 aliphatic heterocycles. The third-order valence-electron chi connectivity index (χ3n) is 5.46. The first-order valence-corrected chi connectivity index (χ1v) is 11.9. The Kier molecular flexibility index (Phi) is 19.7. The number of hydrogen-bond donors (Lipinski definition) is 0. The topological polar surface area (TPSA) is 6.48 Å². The lowest BCUT2D eigenvalue weighted by molar-refractivity contribution is 0.0335. The van der Waals surface area contributed by atoms with Crippen LogP contribution in [-0.2, 0) is 0 Å². The van der Waals surface area contributed by atoms with E-state index < -0.39 is 0 Å². The minimum Gasteiger partial charge on any atom is -0.288 e. The summed E-state index contributed by atoms with van der Waals surface area (Å²) in [4.78, 5) is 5.58. The Balaban J connectivity index is 4.99. The van der Waals surface area contributed by atoms with Gasteiger partial charge in [0, 0.05) is 0 Å². The van der Waals surface area contributed by atoms with Gasteiger partial charge in [-0.2, -0.15) is 0 Å². The number of hydrogen-bond acceptors (Lipinski definition) is 2. The molecule has 0 aliphatic carbocycles. The molecule has 0 rings (SSSR count). The monoisotopic (exact) mass is 364 g/mol. The van der Waals surface area contributed by atoms with Gasteiger partial charge in [-0.15, -0.1) is 0 Å². The van der Waals surface area contributed by atoms with E-state index in [4.69, 9.17) is 7.85 Å². The van der Waals surface area contributed by atoms with Gasteiger partial charge in [-0.05, 0) is 58.3 Å². The fraction of sp³-hybridized carbons (Fsp3) is 1.00. The molecule has 0 bridgehead atoms. The molecule has 2 radical (unpaired) electrons. The molecular formula is C23H49BN2. The van der Waals surface area contributed by atoms with Crippen LogP contribution in [0.15, 0.2) is 0 Å². The van der Waals surface area contributed by atoms with Crippen molar-refractivity contribution < 1.29 is 0 Å². The second-order valence-electron chi connectivity index (χ2n) is 7.96. The second kappa shape index (κ2) is 19.7. The molecule has 0 aromatic carbocycles. The van der Waals surface area contributed by atoms with E-state index in [1.54, 1.807) is 0 Å². The maximum Gasteiger partial charge on any atom is 0.0654 e. The fourth-order valence-corrected chi connectivity index (χ4v) is 3.82. The van der Waals surface area contributed by atoms with Crippen LogP contribution >= 0.6 is 0 Å². The van der Waals surface area contributed by atoms with Gasteiger partial charge < -0.3 is 0 Å². The van der Waals surface area contributed by atoms with Crippen LogP contribution < -0.4 is 0 Å². The van der Waals surface area contributed by atoms with Gasteiger partial charge in [0.1, 0.15) is 0 Å². The SMILES string of the molecule is [B]CCC(N(CCCCC)CCCCC)N(CCCCC)CCCCC. The molecule has 0 atom stereocenters. The highest BCUT2D eigenvalue weighted by molar-refractivity contribution is 6.08. The van der Waals surface area contributed by atoms with E-state index >= 15 is 0 Å². The third-order valence-corrected chi connectivity index (χ3v) is 5.46. The van der Waals surface area contributed by atoms with Crippen molar-refractivity contribution in [3.63, 3.8) is 0 Å². The van der Waals surface area contributed by atoms with Gasteiger partial charge in [0.05, 0.1) is 14.0 Å². The molecule has 26 heavy (non-hydrogen) atoms. The van der Waals surface area contributed by atoms with E-state index in [-0.39, 0.29) is 0 Å². The minimum absolute atomic E-state index is 0.558. The highest BCUT2D eigenvalue weighted by atomic mass is 15.3. The van der Waals surface area contributed by atoms with Crippen LogP contribution in [0.3, 0.4) is 0 Å². The van der Waals surface area contributed by atoms with Crippen molar-refractivity contribution >= 4 is 7.85 Å². The Labute approximate surface area is 167 Å². The zero-order chi connectivity index (χ0) is 19.5. The quantitative estimate of drug-likeness (QED) is 0.135. The first-order valence-electron chi connectivity index (χ1n) is 11.9. The van der Waals surface area contributed by atoms with E-state index in [0.29, 0.717) is 6.17 Å². The highest BCUT2D eigenvalue weighted by Crippen LogP contribution is 2.18. The molecular weight excluding hydrogens is 315 g/mol. The van der Waals surface area contributed by atoms with Gasteiger partial charge in [-0.1, -0.05) is 85.4 Å². The molecule has 154 valence electrons. The van der Waals surface area contributed by atoms with Crippen LogP contribution in [0.25, 0.3) is 0 Å². The summed E-state index contributed by atoms with van der Waals surface area (Å²) < 4.78 is 0. The Morgan fingerprint density at radius 1 is 0.538 bits per heavy atom. The van der Waals surface area contributed by atoms with Gasteiger partial charge in [0.2, 0.25) is 0 Å². The van der Waals surface area contributed by atoms with Crippen molar-refractivity contribution in [1.82, 2.24) is 9.80 Å². The molecule has 0 aromatic heterocycles. The van der Waals surface area contributed by atoms with E-state index in [1.165, 1.54) is 103 Å². The molecule has 0 aliphatic rings. The Bertz CT molecular complexity index is 229. The van der Waals surface area contributed by atoms with Crippen LogP contribution in [0.1, 0.15) is 111 Å². The Morgan fingerprint density at radius 3 is 1.08 bits per heavy atom. The molecule has 0 unspecified atom stereocenters. The van der Waals surface area contributed by atoms with Crippen molar-refractivity contribution in [3.05, 3.63) is 0 Å². The Hall–Kier alpha value is -0.0151. The van der Waals surface area contributed by atoms with E-state index in [9.17, 15) is 0 Å². The minimum atomic E-state index is 0.558. The summed E-state index contributed by atoms with van der Waals surface area (Å²) in [5, 5.41) is 0. The third kappa shape index (κ3) is 13.2. The lowest BCUT2D eigenvalue weighted by atomic mass is 9.98. The lowest BCUT2D eigenvalue weighted by Crippen LogP contribution is -2.50. The summed E-state index contributed by atoms with van der Waals surface area (Å²) >= 11 is 0. The van der Waals surface area contributed by atoms with E-state index in [2.05, 4.69) is 37.5 Å². The lowest BCUT2D eigenvalue weighted by Gasteiger charge is -2.40. The van der Waals surface area contributed by atoms with Gasteiger partial charge >= 0.3 is 0 Å². The van der Waals surface area contributed by atoms with Crippen LogP contribution in [0.5, 0.6) is 0 Å². The van der Waals surface area contributed by atoms with Gasteiger partial charge in [0.25, 0.3) is 0 Å². The van der Waals surface area contributed by atoms with Crippen molar-refractivity contribution in [2.45, 2.75) is 124 Å². The first kappa shape index (κ1) is 26.0. The molecule has 0 N–H and O–H groups in total. The molecule has 0 saturated carbocycles. The van der Waals surface area contributed by atoms with Crippen molar-refractivity contribution in [2.75, 3.05) is 26.2 Å². The standard InChI is InChI=1S/C23H49BN2/c1-5-9-13-19-25(20-14-10-6-2)23(17-18-24)26(21-15-11-7-3)22-16-12-8-4/h23H,5-22H2,1-4H3. The maximum atomic E-state index is 6.07. The second-order valence-corrected chi connectivity index (χ2v) is 7.96.